The molecule has 1 aromatic heterocycles. The number of methoxy groups -OCH3 is 1. The highest BCUT2D eigenvalue weighted by Crippen LogP contribution is 2.34. The molecule has 0 aliphatic heterocycles. The van der Waals surface area contributed by atoms with Gasteiger partial charge in [0.15, 0.2) is 5.58 Å². The van der Waals surface area contributed by atoms with Crippen molar-refractivity contribution in [3.05, 3.63) is 40.4 Å². The number of carbonyl (C=O) groups is 2. The van der Waals surface area contributed by atoms with E-state index in [1.54, 1.807) is 37.3 Å². The number of hydrogen-bond donors (Lipinski definition) is 2. The third-order valence-corrected chi connectivity index (χ3v) is 5.25. The van der Waals surface area contributed by atoms with Crippen LogP contribution in [0.2, 0.25) is 10.0 Å². The fraction of sp³-hybridized carbons (Fsp3) is 0.348. The van der Waals surface area contributed by atoms with Crippen molar-refractivity contribution in [1.82, 2.24) is 10.3 Å². The zero-order valence-electron chi connectivity index (χ0n) is 18.4. The van der Waals surface area contributed by atoms with E-state index in [4.69, 9.17) is 37.1 Å². The molecule has 176 valence electrons. The summed E-state index contributed by atoms with van der Waals surface area (Å²) in [5.41, 5.74) is 2.06. The van der Waals surface area contributed by atoms with E-state index < -0.39 is 0 Å². The summed E-state index contributed by atoms with van der Waals surface area (Å²) in [6, 6.07) is 8.07. The lowest BCUT2D eigenvalue weighted by atomic mass is 10.2. The average Bonchev–Trinajstić information content (AvgIpc) is 3.21. The van der Waals surface area contributed by atoms with Gasteiger partial charge in [-0.1, -0.05) is 29.6 Å². The van der Waals surface area contributed by atoms with Crippen LogP contribution in [0.15, 0.2) is 34.7 Å². The molecule has 0 radical (unpaired) electrons. The molecular weight excluding hydrogens is 469 g/mol. The minimum absolute atomic E-state index is 0.195. The molecule has 2 aromatic carbocycles. The Bertz CT molecular complexity index is 1130. The number of oxazole rings is 1. The summed E-state index contributed by atoms with van der Waals surface area (Å²) in [5, 5.41) is 6.41. The Balaban J connectivity index is 1.60. The van der Waals surface area contributed by atoms with E-state index in [0.29, 0.717) is 63.6 Å². The van der Waals surface area contributed by atoms with Crippen molar-refractivity contribution in [2.45, 2.75) is 32.6 Å². The summed E-state index contributed by atoms with van der Waals surface area (Å²) in [5.74, 6) is 0.627. The maximum atomic E-state index is 12.4. The summed E-state index contributed by atoms with van der Waals surface area (Å²) < 4.78 is 16.0. The fourth-order valence-electron chi connectivity index (χ4n) is 3.19. The maximum absolute atomic E-state index is 12.4. The lowest BCUT2D eigenvalue weighted by Crippen LogP contribution is -2.29. The van der Waals surface area contributed by atoms with Gasteiger partial charge >= 0.3 is 12.0 Å². The fourth-order valence-corrected chi connectivity index (χ4v) is 3.72. The zero-order valence-corrected chi connectivity index (χ0v) is 19.9. The molecule has 0 saturated carbocycles. The van der Waals surface area contributed by atoms with Gasteiger partial charge in [0.25, 0.3) is 0 Å². The molecule has 1 heterocycles. The van der Waals surface area contributed by atoms with Gasteiger partial charge in [-0.05, 0) is 50.1 Å². The Hall–Kier alpha value is -2.97. The number of urea groups is 1. The molecule has 33 heavy (non-hydrogen) atoms. The van der Waals surface area contributed by atoms with E-state index in [0.717, 1.165) is 19.3 Å². The Morgan fingerprint density at radius 3 is 2.70 bits per heavy atom. The normalized spacial score (nSPS) is 10.8. The summed E-state index contributed by atoms with van der Waals surface area (Å²) >= 11 is 12.2. The van der Waals surface area contributed by atoms with Gasteiger partial charge in [0.05, 0.1) is 24.4 Å². The molecule has 0 bridgehead atoms. The highest BCUT2D eigenvalue weighted by Gasteiger charge is 2.15. The first-order chi connectivity index (χ1) is 15.9. The number of halogens is 2. The third-order valence-electron chi connectivity index (χ3n) is 4.75. The molecule has 8 nitrogen and oxygen atoms in total. The SMILES string of the molecule is CCOC(=O)CCCCCNC(=O)Nc1cc(-c2nc3cc(Cl)cc(Cl)c3o2)ccc1OC. The van der Waals surface area contributed by atoms with Crippen LogP contribution in [0.4, 0.5) is 10.5 Å². The first-order valence-corrected chi connectivity index (χ1v) is 11.3. The standard InChI is InChI=1S/C23H25Cl2N3O5/c1-3-32-20(29)7-5-4-6-10-26-23(30)28-17-11-14(8-9-19(17)31-2)22-27-18-13-15(24)12-16(25)21(18)33-22/h8-9,11-13H,3-7,10H2,1-2H3,(H2,26,28,30). The van der Waals surface area contributed by atoms with E-state index in [1.807, 2.05) is 0 Å². The van der Waals surface area contributed by atoms with Gasteiger partial charge in [0.1, 0.15) is 11.3 Å². The predicted octanol–water partition coefficient (Wildman–Crippen LogP) is 6.06. The minimum Gasteiger partial charge on any atom is -0.495 e. The number of esters is 1. The van der Waals surface area contributed by atoms with Gasteiger partial charge in [-0.3, -0.25) is 4.79 Å². The Labute approximate surface area is 201 Å². The zero-order chi connectivity index (χ0) is 23.8. The number of nitrogens with one attached hydrogen (secondary N) is 2. The largest absolute Gasteiger partial charge is 0.495 e. The van der Waals surface area contributed by atoms with E-state index >= 15 is 0 Å². The number of carbonyl (C=O) groups excluding carboxylic acids is 2. The molecule has 0 atom stereocenters. The van der Waals surface area contributed by atoms with Gasteiger partial charge in [-0.2, -0.15) is 0 Å². The number of benzene rings is 2. The molecule has 3 rings (SSSR count). The smallest absolute Gasteiger partial charge is 0.319 e. The number of anilines is 1. The van der Waals surface area contributed by atoms with Crippen molar-refractivity contribution < 1.29 is 23.5 Å². The second-order valence-corrected chi connectivity index (χ2v) is 8.01. The van der Waals surface area contributed by atoms with Crippen LogP contribution in [0.1, 0.15) is 32.6 Å². The Morgan fingerprint density at radius 1 is 1.12 bits per heavy atom. The van der Waals surface area contributed by atoms with Crippen molar-refractivity contribution in [2.24, 2.45) is 0 Å². The monoisotopic (exact) mass is 493 g/mol. The lowest BCUT2D eigenvalue weighted by molar-refractivity contribution is -0.143. The minimum atomic E-state index is -0.372. The van der Waals surface area contributed by atoms with Crippen LogP contribution in [0.5, 0.6) is 5.75 Å². The lowest BCUT2D eigenvalue weighted by Gasteiger charge is -2.12. The van der Waals surface area contributed by atoms with Crippen LogP contribution in [0, 0.1) is 0 Å². The van der Waals surface area contributed by atoms with Crippen molar-refractivity contribution in [3.8, 4) is 17.2 Å². The molecular formula is C23H25Cl2N3O5. The molecule has 2 N–H and O–H groups in total. The number of unbranched alkanes of at least 4 members (excludes halogenated alkanes) is 2. The molecule has 0 aliphatic rings. The van der Waals surface area contributed by atoms with Crippen molar-refractivity contribution >= 4 is 52.0 Å². The van der Waals surface area contributed by atoms with Crippen molar-refractivity contribution in [2.75, 3.05) is 25.6 Å². The number of ether oxygens (including phenoxy) is 2. The van der Waals surface area contributed by atoms with Crippen molar-refractivity contribution in [1.29, 1.82) is 0 Å². The molecule has 0 unspecified atom stereocenters. The molecule has 0 aliphatic carbocycles. The van der Waals surface area contributed by atoms with Crippen LogP contribution in [0.3, 0.4) is 0 Å². The Morgan fingerprint density at radius 2 is 1.94 bits per heavy atom. The summed E-state index contributed by atoms with van der Waals surface area (Å²) in [4.78, 5) is 28.1. The van der Waals surface area contributed by atoms with Crippen LogP contribution in [0.25, 0.3) is 22.6 Å². The number of amides is 2. The molecule has 0 fully saturated rings. The van der Waals surface area contributed by atoms with Gasteiger partial charge in [0, 0.05) is 23.6 Å². The van der Waals surface area contributed by atoms with E-state index in [-0.39, 0.29) is 12.0 Å². The number of fused-ring (bicyclic) bond motifs is 1. The number of aromatic nitrogens is 1. The van der Waals surface area contributed by atoms with Gasteiger partial charge in [-0.15, -0.1) is 0 Å². The number of rotatable bonds is 10. The van der Waals surface area contributed by atoms with E-state index in [1.165, 1.54) is 7.11 Å². The van der Waals surface area contributed by atoms with Gasteiger partial charge in [0.2, 0.25) is 5.89 Å². The molecule has 10 heteroatoms. The Kier molecular flexibility index (Phi) is 8.79. The molecule has 0 spiro atoms. The maximum Gasteiger partial charge on any atom is 0.319 e. The number of hydrogen-bond acceptors (Lipinski definition) is 6. The summed E-state index contributed by atoms with van der Waals surface area (Å²) in [7, 11) is 1.52. The van der Waals surface area contributed by atoms with Crippen LogP contribution < -0.4 is 15.4 Å². The second-order valence-electron chi connectivity index (χ2n) is 7.17. The first-order valence-electron chi connectivity index (χ1n) is 10.6. The average molecular weight is 494 g/mol. The highest BCUT2D eigenvalue weighted by atomic mass is 35.5. The molecule has 0 saturated heterocycles. The third kappa shape index (κ3) is 6.76. The van der Waals surface area contributed by atoms with Gasteiger partial charge in [-0.25, -0.2) is 9.78 Å². The number of nitrogens with zero attached hydrogens (tertiary/aromatic N) is 1. The quantitative estimate of drug-likeness (QED) is 0.263. The summed E-state index contributed by atoms with van der Waals surface area (Å²) in [6.07, 6.45) is 2.66. The predicted molar refractivity (Wildman–Crippen MR) is 128 cm³/mol. The molecule has 3 aromatic rings. The van der Waals surface area contributed by atoms with Crippen LogP contribution in [-0.2, 0) is 9.53 Å². The summed E-state index contributed by atoms with van der Waals surface area (Å²) in [6.45, 7) is 2.64. The van der Waals surface area contributed by atoms with Gasteiger partial charge < -0.3 is 24.5 Å². The second kappa shape index (κ2) is 11.8. The van der Waals surface area contributed by atoms with E-state index in [9.17, 15) is 9.59 Å². The highest BCUT2D eigenvalue weighted by molar-refractivity contribution is 6.38. The van der Waals surface area contributed by atoms with Crippen molar-refractivity contribution in [3.63, 3.8) is 0 Å². The molecule has 2 amide bonds. The topological polar surface area (TPSA) is 103 Å². The van der Waals surface area contributed by atoms with E-state index in [2.05, 4.69) is 15.6 Å². The first kappa shape index (κ1) is 24.7. The van der Waals surface area contributed by atoms with Crippen LogP contribution >= 0.6 is 23.2 Å². The van der Waals surface area contributed by atoms with Crippen LogP contribution in [-0.4, -0.2) is 37.2 Å².